The number of H-pyrrole nitrogens is 1. The molecule has 18 nitrogen and oxygen atoms in total. The Morgan fingerprint density at radius 2 is 0.925 bits per heavy atom. The van der Waals surface area contributed by atoms with Crippen molar-refractivity contribution in [2.45, 2.75) is 95.7 Å². The number of phenolic OH excluding ortho intramolecular Hbond substituents is 2. The van der Waals surface area contributed by atoms with E-state index >= 15 is 0 Å². The molecule has 67 heavy (non-hydrogen) atoms. The fourth-order valence-electron chi connectivity index (χ4n) is 7.22. The maximum absolute atomic E-state index is 14.5. The summed E-state index contributed by atoms with van der Waals surface area (Å²) in [5.74, 6) is -6.43. The van der Waals surface area contributed by atoms with Crippen LogP contribution in [-0.4, -0.2) is 104 Å². The first-order valence-corrected chi connectivity index (χ1v) is 21.8. The lowest BCUT2D eigenvalue weighted by Gasteiger charge is -2.29. The quantitative estimate of drug-likeness (QED) is 0.0477. The first kappa shape index (κ1) is 50.3. The average Bonchev–Trinajstić information content (AvgIpc) is 3.70. The van der Waals surface area contributed by atoms with Gasteiger partial charge in [-0.2, -0.15) is 0 Å². The number of carbonyl (C=O) groups is 7. The number of hydrogen-bond donors (Lipinski definition) is 11. The van der Waals surface area contributed by atoms with Crippen LogP contribution in [0.4, 0.5) is 0 Å². The molecule has 18 heteroatoms. The summed E-state index contributed by atoms with van der Waals surface area (Å²) in [4.78, 5) is 98.6. The molecule has 0 aliphatic carbocycles. The number of phenols is 2. The van der Waals surface area contributed by atoms with Crippen molar-refractivity contribution in [2.75, 3.05) is 0 Å². The summed E-state index contributed by atoms with van der Waals surface area (Å²) in [7, 11) is 0. The van der Waals surface area contributed by atoms with Gasteiger partial charge in [-0.1, -0.05) is 86.6 Å². The predicted octanol–water partition coefficient (Wildman–Crippen LogP) is 1.87. The molecule has 0 unspecified atom stereocenters. The first-order valence-electron chi connectivity index (χ1n) is 21.8. The standard InChI is InChI=1S/C49H58N8O10/c1-27(2)42(57-47(64)40(24-32-16-20-35(59)21-17-32)55-45(62)39(53-43(60)28(3)50)22-30-10-6-5-7-11-30)48(65)56-41(25-33-26-51-37-13-9-8-12-36(33)37)46(63)54-38(44(61)52-29(4)49(66)67)23-31-14-18-34(58)19-15-31/h5-21,26-29,38-42,51,58-59H,22-25,50H2,1-4H3,(H,52,61)(H,53,60)(H,54,63)(H,55,62)(H,56,65)(H,57,64)(H,66,67)/t28-,29-,38-,39-,40-,41-,42-/m0/s1. The molecule has 5 aromatic rings. The van der Waals surface area contributed by atoms with Gasteiger partial charge >= 0.3 is 5.97 Å². The molecule has 1 heterocycles. The normalized spacial score (nSPS) is 14.3. The monoisotopic (exact) mass is 918 g/mol. The molecule has 7 atom stereocenters. The van der Waals surface area contributed by atoms with Gasteiger partial charge in [0.2, 0.25) is 35.4 Å². The van der Waals surface area contributed by atoms with Crippen LogP contribution in [0, 0.1) is 5.92 Å². The van der Waals surface area contributed by atoms with Crippen LogP contribution >= 0.6 is 0 Å². The van der Waals surface area contributed by atoms with E-state index in [1.807, 2.05) is 24.3 Å². The molecule has 0 saturated heterocycles. The van der Waals surface area contributed by atoms with Crippen molar-refractivity contribution < 1.29 is 48.9 Å². The Morgan fingerprint density at radius 3 is 1.42 bits per heavy atom. The Kier molecular flexibility index (Phi) is 17.6. The predicted molar refractivity (Wildman–Crippen MR) is 249 cm³/mol. The van der Waals surface area contributed by atoms with E-state index in [1.165, 1.54) is 38.1 Å². The lowest BCUT2D eigenvalue weighted by molar-refractivity contribution is -0.141. The number of rotatable bonds is 22. The second kappa shape index (κ2) is 23.5. The molecule has 0 bridgehead atoms. The molecule has 1 aromatic heterocycles. The number of amides is 6. The number of carbonyl (C=O) groups excluding carboxylic acids is 6. The van der Waals surface area contributed by atoms with Crippen molar-refractivity contribution in [3.63, 3.8) is 0 Å². The number of hydrogen-bond acceptors (Lipinski definition) is 10. The highest BCUT2D eigenvalue weighted by atomic mass is 16.4. The van der Waals surface area contributed by atoms with Crippen molar-refractivity contribution in [2.24, 2.45) is 11.7 Å². The fourth-order valence-corrected chi connectivity index (χ4v) is 7.22. The van der Waals surface area contributed by atoms with Gasteiger partial charge in [-0.15, -0.1) is 0 Å². The second-order valence-electron chi connectivity index (χ2n) is 16.8. The summed E-state index contributed by atoms with van der Waals surface area (Å²) in [6.07, 6.45) is 1.45. The van der Waals surface area contributed by atoms with Gasteiger partial charge in [0, 0.05) is 42.8 Å². The third-order valence-corrected chi connectivity index (χ3v) is 11.1. The molecule has 0 fully saturated rings. The number of fused-ring (bicyclic) bond motifs is 1. The molecular weight excluding hydrogens is 861 g/mol. The number of nitrogens with one attached hydrogen (secondary N) is 7. The highest BCUT2D eigenvalue weighted by molar-refractivity contribution is 5.98. The Labute approximate surface area is 387 Å². The van der Waals surface area contributed by atoms with Gasteiger partial charge < -0.3 is 57.9 Å². The van der Waals surface area contributed by atoms with Crippen LogP contribution in [0.1, 0.15) is 49.9 Å². The van der Waals surface area contributed by atoms with Crippen molar-refractivity contribution in [3.8, 4) is 11.5 Å². The smallest absolute Gasteiger partial charge is 0.325 e. The third-order valence-electron chi connectivity index (χ3n) is 11.1. The molecule has 0 radical (unpaired) electrons. The van der Waals surface area contributed by atoms with Crippen LogP contribution in [0.15, 0.2) is 109 Å². The van der Waals surface area contributed by atoms with Gasteiger partial charge in [0.1, 0.15) is 47.8 Å². The Morgan fingerprint density at radius 1 is 0.507 bits per heavy atom. The van der Waals surface area contributed by atoms with Crippen molar-refractivity contribution in [1.29, 1.82) is 0 Å². The number of benzene rings is 4. The fraction of sp³-hybridized carbons (Fsp3) is 0.327. The molecule has 0 aliphatic rings. The number of aromatic amines is 1. The van der Waals surface area contributed by atoms with E-state index in [-0.39, 0.29) is 37.2 Å². The summed E-state index contributed by atoms with van der Waals surface area (Å²) in [6.45, 7) is 6.08. The van der Waals surface area contributed by atoms with E-state index in [0.717, 1.165) is 16.5 Å². The summed E-state index contributed by atoms with van der Waals surface area (Å²) < 4.78 is 0. The molecule has 0 saturated carbocycles. The van der Waals surface area contributed by atoms with Crippen molar-refractivity contribution in [3.05, 3.63) is 132 Å². The maximum Gasteiger partial charge on any atom is 0.325 e. The van der Waals surface area contributed by atoms with Crippen LogP contribution < -0.4 is 37.6 Å². The van der Waals surface area contributed by atoms with Gasteiger partial charge in [-0.3, -0.25) is 33.6 Å². The maximum atomic E-state index is 14.5. The number of aromatic nitrogens is 1. The molecule has 5 rings (SSSR count). The number of carboxylic acid groups (broad SMARTS) is 1. The SMILES string of the molecule is CC(C)[C@H](NC(=O)[C@H](Cc1ccc(O)cc1)NC(=O)[C@H](Cc1ccccc1)NC(=O)[C@H](C)N)C(=O)N[C@@H](Cc1c[nH]c2ccccc12)C(=O)N[C@@H](Cc1ccc(O)cc1)C(=O)N[C@@H](C)C(=O)O. The summed E-state index contributed by atoms with van der Waals surface area (Å²) >= 11 is 0. The number of para-hydroxylation sites is 1. The molecule has 4 aromatic carbocycles. The van der Waals surface area contributed by atoms with Gasteiger partial charge in [-0.25, -0.2) is 0 Å². The van der Waals surface area contributed by atoms with Gasteiger partial charge in [-0.05, 0) is 72.4 Å². The van der Waals surface area contributed by atoms with E-state index in [4.69, 9.17) is 5.73 Å². The minimum atomic E-state index is -1.36. The molecule has 6 amide bonds. The Balaban J connectivity index is 1.44. The summed E-state index contributed by atoms with van der Waals surface area (Å²) in [5.41, 5.74) is 9.01. The van der Waals surface area contributed by atoms with E-state index in [0.29, 0.717) is 16.7 Å². The van der Waals surface area contributed by atoms with Crippen molar-refractivity contribution in [1.82, 2.24) is 36.9 Å². The van der Waals surface area contributed by atoms with Crippen LogP contribution in [0.25, 0.3) is 10.9 Å². The van der Waals surface area contributed by atoms with Crippen LogP contribution in [0.3, 0.4) is 0 Å². The first-order chi connectivity index (χ1) is 31.9. The van der Waals surface area contributed by atoms with E-state index in [2.05, 4.69) is 36.9 Å². The zero-order valence-electron chi connectivity index (χ0n) is 37.6. The molecule has 12 N–H and O–H groups in total. The highest BCUT2D eigenvalue weighted by Gasteiger charge is 2.35. The molecular formula is C49H58N8O10. The summed E-state index contributed by atoms with van der Waals surface area (Å²) in [5, 5.41) is 46.1. The zero-order chi connectivity index (χ0) is 48.8. The van der Waals surface area contributed by atoms with E-state index < -0.39 is 89.6 Å². The van der Waals surface area contributed by atoms with Gasteiger partial charge in [0.15, 0.2) is 0 Å². The lowest BCUT2D eigenvalue weighted by atomic mass is 9.98. The number of aliphatic carboxylic acids is 1. The van der Waals surface area contributed by atoms with E-state index in [1.54, 1.807) is 74.6 Å². The number of carboxylic acids is 1. The van der Waals surface area contributed by atoms with Gasteiger partial charge in [0.05, 0.1) is 6.04 Å². The highest BCUT2D eigenvalue weighted by Crippen LogP contribution is 2.20. The van der Waals surface area contributed by atoms with Crippen LogP contribution in [-0.2, 0) is 59.2 Å². The topological polar surface area (TPSA) is 294 Å². The number of aromatic hydroxyl groups is 2. The molecule has 0 spiro atoms. The third kappa shape index (κ3) is 14.6. The van der Waals surface area contributed by atoms with Crippen molar-refractivity contribution >= 4 is 52.3 Å². The van der Waals surface area contributed by atoms with Crippen LogP contribution in [0.2, 0.25) is 0 Å². The Hall–Kier alpha value is -7.73. The Bertz CT molecular complexity index is 2510. The minimum Gasteiger partial charge on any atom is -0.508 e. The molecule has 0 aliphatic heterocycles. The zero-order valence-corrected chi connectivity index (χ0v) is 37.6. The summed E-state index contributed by atoms with van der Waals surface area (Å²) in [6, 6.07) is 19.3. The molecule has 354 valence electrons. The average molecular weight is 919 g/mol. The minimum absolute atomic E-state index is 0.0276. The van der Waals surface area contributed by atoms with E-state index in [9.17, 15) is 48.9 Å². The number of nitrogens with two attached hydrogens (primary N) is 1. The van der Waals surface area contributed by atoms with Gasteiger partial charge in [0.25, 0.3) is 0 Å². The largest absolute Gasteiger partial charge is 0.508 e. The lowest BCUT2D eigenvalue weighted by Crippen LogP contribution is -2.61. The second-order valence-corrected chi connectivity index (χ2v) is 16.8. The van der Waals surface area contributed by atoms with Crippen LogP contribution in [0.5, 0.6) is 11.5 Å².